The van der Waals surface area contributed by atoms with Crippen molar-refractivity contribution in [2.24, 2.45) is 0 Å². The van der Waals surface area contributed by atoms with E-state index >= 15 is 0 Å². The molecule has 1 heterocycles. The third-order valence-electron chi connectivity index (χ3n) is 2.37. The number of ketones is 1. The highest BCUT2D eigenvalue weighted by Crippen LogP contribution is 2.15. The van der Waals surface area contributed by atoms with Crippen molar-refractivity contribution in [3.05, 3.63) is 63.9 Å². The predicted molar refractivity (Wildman–Crippen MR) is 66.3 cm³/mol. The van der Waals surface area contributed by atoms with Gasteiger partial charge in [0, 0.05) is 16.4 Å². The van der Waals surface area contributed by atoms with Gasteiger partial charge in [0.25, 0.3) is 0 Å². The molecule has 1 aromatic heterocycles. The SMILES string of the molecule is O=C(Cc1ccc(Br)cn1)c1c(F)cccc1F. The van der Waals surface area contributed by atoms with E-state index in [1.807, 2.05) is 0 Å². The van der Waals surface area contributed by atoms with Gasteiger partial charge in [0.15, 0.2) is 5.78 Å². The van der Waals surface area contributed by atoms with Gasteiger partial charge in [0.2, 0.25) is 0 Å². The first-order chi connectivity index (χ1) is 8.58. The second-order valence-electron chi connectivity index (χ2n) is 3.66. The van der Waals surface area contributed by atoms with E-state index in [4.69, 9.17) is 0 Å². The van der Waals surface area contributed by atoms with Crippen LogP contribution < -0.4 is 0 Å². The zero-order valence-corrected chi connectivity index (χ0v) is 10.7. The van der Waals surface area contributed by atoms with Crippen LogP contribution in [0.1, 0.15) is 16.1 Å². The lowest BCUT2D eigenvalue weighted by molar-refractivity contribution is 0.0984. The monoisotopic (exact) mass is 311 g/mol. The van der Waals surface area contributed by atoms with Crippen molar-refractivity contribution in [2.45, 2.75) is 6.42 Å². The predicted octanol–water partition coefficient (Wildman–Crippen LogP) is 3.55. The highest BCUT2D eigenvalue weighted by Gasteiger charge is 2.17. The summed E-state index contributed by atoms with van der Waals surface area (Å²) < 4.78 is 27.5. The molecule has 0 unspecified atom stereocenters. The molecule has 0 N–H and O–H groups in total. The van der Waals surface area contributed by atoms with Gasteiger partial charge in [-0.1, -0.05) is 6.07 Å². The van der Waals surface area contributed by atoms with Crippen LogP contribution >= 0.6 is 15.9 Å². The zero-order chi connectivity index (χ0) is 13.1. The van der Waals surface area contributed by atoms with E-state index in [-0.39, 0.29) is 6.42 Å². The summed E-state index contributed by atoms with van der Waals surface area (Å²) in [5, 5.41) is 0. The molecule has 0 saturated heterocycles. The summed E-state index contributed by atoms with van der Waals surface area (Å²) in [7, 11) is 0. The Morgan fingerprint density at radius 3 is 2.39 bits per heavy atom. The number of pyridine rings is 1. The molecular formula is C13H8BrF2NO. The average Bonchev–Trinajstić information content (AvgIpc) is 2.32. The maximum atomic E-state index is 13.4. The molecule has 2 rings (SSSR count). The highest BCUT2D eigenvalue weighted by molar-refractivity contribution is 9.10. The topological polar surface area (TPSA) is 30.0 Å². The average molecular weight is 312 g/mol. The van der Waals surface area contributed by atoms with Crippen molar-refractivity contribution < 1.29 is 13.6 Å². The minimum absolute atomic E-state index is 0.134. The molecule has 0 aliphatic carbocycles. The number of Topliss-reactive ketones (excluding diaryl/α,β-unsaturated/α-hetero) is 1. The van der Waals surface area contributed by atoms with Gasteiger partial charge >= 0.3 is 0 Å². The number of halogens is 3. The first-order valence-corrected chi connectivity index (χ1v) is 5.95. The van der Waals surface area contributed by atoms with E-state index < -0.39 is 23.0 Å². The molecule has 0 bridgehead atoms. The summed E-state index contributed by atoms with van der Waals surface area (Å²) in [4.78, 5) is 15.8. The van der Waals surface area contributed by atoms with Crippen LogP contribution in [0, 0.1) is 11.6 Å². The van der Waals surface area contributed by atoms with Gasteiger partial charge in [-0.15, -0.1) is 0 Å². The second kappa shape index (κ2) is 5.35. The summed E-state index contributed by atoms with van der Waals surface area (Å²) >= 11 is 3.21. The van der Waals surface area contributed by atoms with Crippen molar-refractivity contribution in [1.82, 2.24) is 4.98 Å². The molecule has 0 aliphatic heterocycles. The fraction of sp³-hybridized carbons (Fsp3) is 0.0769. The van der Waals surface area contributed by atoms with E-state index in [0.29, 0.717) is 5.69 Å². The van der Waals surface area contributed by atoms with E-state index in [9.17, 15) is 13.6 Å². The Kier molecular flexibility index (Phi) is 3.81. The summed E-state index contributed by atoms with van der Waals surface area (Å²) in [6, 6.07) is 6.68. The third-order valence-corrected chi connectivity index (χ3v) is 2.84. The van der Waals surface area contributed by atoms with Crippen molar-refractivity contribution in [2.75, 3.05) is 0 Å². The van der Waals surface area contributed by atoms with Crippen LogP contribution in [0.25, 0.3) is 0 Å². The number of aromatic nitrogens is 1. The molecule has 92 valence electrons. The Labute approximate surface area is 111 Å². The molecule has 0 atom stereocenters. The highest BCUT2D eigenvalue weighted by atomic mass is 79.9. The second-order valence-corrected chi connectivity index (χ2v) is 4.58. The first-order valence-electron chi connectivity index (χ1n) is 5.15. The van der Waals surface area contributed by atoms with Crippen molar-refractivity contribution in [3.63, 3.8) is 0 Å². The van der Waals surface area contributed by atoms with Crippen LogP contribution in [0.3, 0.4) is 0 Å². The van der Waals surface area contributed by atoms with Crippen molar-refractivity contribution in [1.29, 1.82) is 0 Å². The summed E-state index contributed by atoms with van der Waals surface area (Å²) in [5.74, 6) is -2.32. The lowest BCUT2D eigenvalue weighted by Crippen LogP contribution is -2.09. The number of nitrogens with zero attached hydrogens (tertiary/aromatic N) is 1. The lowest BCUT2D eigenvalue weighted by Gasteiger charge is -2.03. The Hall–Kier alpha value is -1.62. The van der Waals surface area contributed by atoms with Gasteiger partial charge in [0.05, 0.1) is 12.0 Å². The molecule has 18 heavy (non-hydrogen) atoms. The maximum absolute atomic E-state index is 13.4. The minimum Gasteiger partial charge on any atom is -0.294 e. The standard InChI is InChI=1S/C13H8BrF2NO/c14-8-4-5-9(17-7-8)6-12(18)13-10(15)2-1-3-11(13)16/h1-5,7H,6H2. The minimum atomic E-state index is -0.850. The quantitative estimate of drug-likeness (QED) is 0.811. The largest absolute Gasteiger partial charge is 0.294 e. The Morgan fingerprint density at radius 2 is 1.83 bits per heavy atom. The number of benzene rings is 1. The number of carbonyl (C=O) groups is 1. The van der Waals surface area contributed by atoms with Gasteiger partial charge in [0.1, 0.15) is 11.6 Å². The molecule has 2 aromatic rings. The van der Waals surface area contributed by atoms with Crippen molar-refractivity contribution in [3.8, 4) is 0 Å². The molecule has 2 nitrogen and oxygen atoms in total. The fourth-order valence-electron chi connectivity index (χ4n) is 1.53. The molecule has 0 aliphatic rings. The zero-order valence-electron chi connectivity index (χ0n) is 9.16. The van der Waals surface area contributed by atoms with Crippen LogP contribution in [0.5, 0.6) is 0 Å². The van der Waals surface area contributed by atoms with Crippen LogP contribution in [0.2, 0.25) is 0 Å². The Balaban J connectivity index is 2.25. The van der Waals surface area contributed by atoms with Crippen LogP contribution in [0.15, 0.2) is 41.0 Å². The molecule has 1 aromatic carbocycles. The van der Waals surface area contributed by atoms with Gasteiger partial charge < -0.3 is 0 Å². The normalized spacial score (nSPS) is 10.4. The van der Waals surface area contributed by atoms with E-state index in [2.05, 4.69) is 20.9 Å². The number of carbonyl (C=O) groups excluding carboxylic acids is 1. The van der Waals surface area contributed by atoms with Crippen LogP contribution in [0.4, 0.5) is 8.78 Å². The first kappa shape index (κ1) is 12.8. The fourth-order valence-corrected chi connectivity index (χ4v) is 1.76. The number of rotatable bonds is 3. The van der Waals surface area contributed by atoms with Gasteiger partial charge in [-0.25, -0.2) is 8.78 Å². The smallest absolute Gasteiger partial charge is 0.174 e. The number of hydrogen-bond donors (Lipinski definition) is 0. The summed E-state index contributed by atoms with van der Waals surface area (Å²) in [5.41, 5.74) is -0.0481. The molecule has 0 saturated carbocycles. The molecule has 0 fully saturated rings. The number of hydrogen-bond acceptors (Lipinski definition) is 2. The van der Waals surface area contributed by atoms with Crippen molar-refractivity contribution >= 4 is 21.7 Å². The molecular weight excluding hydrogens is 304 g/mol. The van der Waals surface area contributed by atoms with E-state index in [0.717, 1.165) is 16.6 Å². The van der Waals surface area contributed by atoms with Crippen LogP contribution in [-0.2, 0) is 6.42 Å². The Morgan fingerprint density at radius 1 is 1.17 bits per heavy atom. The molecule has 0 amide bonds. The molecule has 0 radical (unpaired) electrons. The van der Waals surface area contributed by atoms with Gasteiger partial charge in [-0.05, 0) is 40.2 Å². The maximum Gasteiger partial charge on any atom is 0.174 e. The third kappa shape index (κ3) is 2.79. The van der Waals surface area contributed by atoms with E-state index in [1.54, 1.807) is 12.1 Å². The Bertz CT molecular complexity index is 564. The molecule has 0 spiro atoms. The summed E-state index contributed by atoms with van der Waals surface area (Å²) in [6.45, 7) is 0. The van der Waals surface area contributed by atoms with Crippen LogP contribution in [-0.4, -0.2) is 10.8 Å². The lowest BCUT2D eigenvalue weighted by atomic mass is 10.1. The summed E-state index contributed by atoms with van der Waals surface area (Å²) in [6.07, 6.45) is 1.39. The van der Waals surface area contributed by atoms with E-state index in [1.165, 1.54) is 12.3 Å². The van der Waals surface area contributed by atoms with Gasteiger partial charge in [-0.2, -0.15) is 0 Å². The molecule has 5 heteroatoms. The van der Waals surface area contributed by atoms with Gasteiger partial charge in [-0.3, -0.25) is 9.78 Å².